The Balaban J connectivity index is 1.76. The number of anilines is 2. The second-order valence-electron chi connectivity index (χ2n) is 5.26. The molecule has 0 aliphatic heterocycles. The molecular weight excluding hydrogens is 302 g/mol. The number of aromatic nitrogens is 1. The van der Waals surface area contributed by atoms with Gasteiger partial charge in [-0.3, -0.25) is 4.98 Å². The van der Waals surface area contributed by atoms with Crippen LogP contribution in [0.5, 0.6) is 0 Å². The van der Waals surface area contributed by atoms with Crippen LogP contribution in [0.25, 0.3) is 10.9 Å². The van der Waals surface area contributed by atoms with Crippen molar-refractivity contribution in [1.29, 1.82) is 0 Å². The molecule has 0 atom stereocenters. The van der Waals surface area contributed by atoms with E-state index in [1.165, 1.54) is 25.7 Å². The van der Waals surface area contributed by atoms with Crippen LogP contribution >= 0.6 is 15.9 Å². The number of fused-ring (bicyclic) bond motifs is 1. The van der Waals surface area contributed by atoms with E-state index in [1.54, 1.807) is 0 Å². The Labute approximate surface area is 121 Å². The van der Waals surface area contributed by atoms with Crippen LogP contribution in [-0.4, -0.2) is 11.5 Å². The van der Waals surface area contributed by atoms with Crippen LogP contribution in [0.2, 0.25) is 0 Å². The monoisotopic (exact) mass is 319 g/mol. The van der Waals surface area contributed by atoms with Crippen LogP contribution in [0.3, 0.4) is 0 Å². The number of rotatable bonds is 5. The summed E-state index contributed by atoms with van der Waals surface area (Å²) < 4.78 is 0.956. The Morgan fingerprint density at radius 3 is 3.00 bits per heavy atom. The fourth-order valence-electron chi connectivity index (χ4n) is 2.38. The zero-order chi connectivity index (χ0) is 13.2. The average molecular weight is 320 g/mol. The lowest BCUT2D eigenvalue weighted by Gasteiger charge is -2.10. The lowest BCUT2D eigenvalue weighted by atomic mass is 10.1. The number of pyridine rings is 1. The van der Waals surface area contributed by atoms with Gasteiger partial charge in [0.15, 0.2) is 0 Å². The van der Waals surface area contributed by atoms with Gasteiger partial charge in [0, 0.05) is 28.3 Å². The molecule has 0 spiro atoms. The van der Waals surface area contributed by atoms with Crippen molar-refractivity contribution in [1.82, 2.24) is 4.98 Å². The summed E-state index contributed by atoms with van der Waals surface area (Å²) in [7, 11) is 0. The Morgan fingerprint density at radius 2 is 2.21 bits per heavy atom. The molecule has 0 unspecified atom stereocenters. The lowest BCUT2D eigenvalue weighted by molar-refractivity contribution is 0.687. The van der Waals surface area contributed by atoms with E-state index in [9.17, 15) is 0 Å². The number of nitrogens with zero attached hydrogens (tertiary/aromatic N) is 1. The van der Waals surface area contributed by atoms with Crippen molar-refractivity contribution in [3.8, 4) is 0 Å². The van der Waals surface area contributed by atoms with Crippen LogP contribution in [0.15, 0.2) is 28.9 Å². The highest BCUT2D eigenvalue weighted by atomic mass is 79.9. The molecule has 19 heavy (non-hydrogen) atoms. The van der Waals surface area contributed by atoms with E-state index < -0.39 is 0 Å². The van der Waals surface area contributed by atoms with Crippen molar-refractivity contribution in [3.05, 3.63) is 28.9 Å². The Bertz CT molecular complexity index is 593. The number of halogens is 1. The van der Waals surface area contributed by atoms with Crippen LogP contribution in [-0.2, 0) is 0 Å². The number of hydrogen-bond acceptors (Lipinski definition) is 3. The summed E-state index contributed by atoms with van der Waals surface area (Å²) >= 11 is 3.44. The first-order valence-electron chi connectivity index (χ1n) is 6.81. The van der Waals surface area contributed by atoms with E-state index in [2.05, 4.69) is 26.2 Å². The summed E-state index contributed by atoms with van der Waals surface area (Å²) in [4.78, 5) is 4.48. The molecule has 0 saturated heterocycles. The molecular formula is C15H18BrN3. The Kier molecular flexibility index (Phi) is 3.60. The van der Waals surface area contributed by atoms with Crippen LogP contribution in [0.4, 0.5) is 11.4 Å². The number of nitrogens with one attached hydrogen (secondary N) is 1. The Hall–Kier alpha value is -1.29. The van der Waals surface area contributed by atoms with Gasteiger partial charge in [0.25, 0.3) is 0 Å². The zero-order valence-electron chi connectivity index (χ0n) is 10.8. The lowest BCUT2D eigenvalue weighted by Crippen LogP contribution is -2.03. The van der Waals surface area contributed by atoms with E-state index in [1.807, 2.05) is 24.4 Å². The fourth-order valence-corrected chi connectivity index (χ4v) is 2.71. The minimum absolute atomic E-state index is 0.771. The first kappa shape index (κ1) is 12.7. The summed E-state index contributed by atoms with van der Waals surface area (Å²) in [5.41, 5.74) is 8.81. The van der Waals surface area contributed by atoms with Gasteiger partial charge in [-0.15, -0.1) is 0 Å². The van der Waals surface area contributed by atoms with E-state index in [0.717, 1.165) is 39.2 Å². The predicted molar refractivity (Wildman–Crippen MR) is 84.3 cm³/mol. The second kappa shape index (κ2) is 5.37. The predicted octanol–water partition coefficient (Wildman–Crippen LogP) is 4.18. The van der Waals surface area contributed by atoms with Crippen LogP contribution < -0.4 is 11.1 Å². The molecule has 1 aliphatic carbocycles. The van der Waals surface area contributed by atoms with Crippen molar-refractivity contribution in [3.63, 3.8) is 0 Å². The normalized spacial score (nSPS) is 14.8. The van der Waals surface area contributed by atoms with E-state index in [0.29, 0.717) is 0 Å². The molecule has 1 aromatic heterocycles. The van der Waals surface area contributed by atoms with Crippen molar-refractivity contribution < 1.29 is 0 Å². The summed E-state index contributed by atoms with van der Waals surface area (Å²) in [5, 5.41) is 4.49. The number of nitrogens with two attached hydrogens (primary N) is 1. The van der Waals surface area contributed by atoms with Crippen molar-refractivity contribution in [2.45, 2.75) is 25.7 Å². The maximum atomic E-state index is 6.01. The first-order valence-corrected chi connectivity index (χ1v) is 7.61. The van der Waals surface area contributed by atoms with Crippen molar-refractivity contribution in [2.75, 3.05) is 17.6 Å². The molecule has 100 valence electrons. The molecule has 3 rings (SSSR count). The standard InChI is InChI=1S/C15H18BrN3/c16-11-8-12-13(17)5-6-14(15(12)19-9-11)18-7-1-2-10-3-4-10/h5-6,8-10,18H,1-4,7,17H2. The molecule has 1 aromatic carbocycles. The van der Waals surface area contributed by atoms with Gasteiger partial charge >= 0.3 is 0 Å². The van der Waals surface area contributed by atoms with Crippen LogP contribution in [0, 0.1) is 5.92 Å². The smallest absolute Gasteiger partial charge is 0.0954 e. The van der Waals surface area contributed by atoms with Crippen molar-refractivity contribution >= 4 is 38.2 Å². The molecule has 1 saturated carbocycles. The summed E-state index contributed by atoms with van der Waals surface area (Å²) in [6.45, 7) is 1.01. The molecule has 3 nitrogen and oxygen atoms in total. The third kappa shape index (κ3) is 3.00. The number of nitrogen functional groups attached to an aromatic ring is 1. The van der Waals surface area contributed by atoms with E-state index in [4.69, 9.17) is 5.73 Å². The van der Waals surface area contributed by atoms with E-state index >= 15 is 0 Å². The zero-order valence-corrected chi connectivity index (χ0v) is 12.4. The molecule has 3 N–H and O–H groups in total. The number of benzene rings is 1. The summed E-state index contributed by atoms with van der Waals surface area (Å²) in [5.74, 6) is 0.999. The highest BCUT2D eigenvalue weighted by molar-refractivity contribution is 9.10. The van der Waals surface area contributed by atoms with Gasteiger partial charge in [-0.1, -0.05) is 12.8 Å². The molecule has 0 bridgehead atoms. The highest BCUT2D eigenvalue weighted by Gasteiger charge is 2.19. The Morgan fingerprint density at radius 1 is 1.37 bits per heavy atom. The SMILES string of the molecule is Nc1ccc(NCCCC2CC2)c2ncc(Br)cc12. The second-order valence-corrected chi connectivity index (χ2v) is 6.18. The molecule has 0 amide bonds. The van der Waals surface area contributed by atoms with Gasteiger partial charge in [-0.2, -0.15) is 0 Å². The molecule has 1 heterocycles. The van der Waals surface area contributed by atoms with Gasteiger partial charge in [-0.05, 0) is 52.9 Å². The summed E-state index contributed by atoms with van der Waals surface area (Å²) in [6.07, 6.45) is 7.25. The highest BCUT2D eigenvalue weighted by Crippen LogP contribution is 2.33. The molecule has 1 fully saturated rings. The maximum absolute atomic E-state index is 6.01. The minimum atomic E-state index is 0.771. The third-order valence-corrected chi connectivity index (χ3v) is 4.09. The summed E-state index contributed by atoms with van der Waals surface area (Å²) in [6, 6.07) is 5.99. The van der Waals surface area contributed by atoms with Gasteiger partial charge in [-0.25, -0.2) is 0 Å². The van der Waals surface area contributed by atoms with Gasteiger partial charge in [0.05, 0.1) is 11.2 Å². The van der Waals surface area contributed by atoms with Gasteiger partial charge < -0.3 is 11.1 Å². The molecule has 4 heteroatoms. The average Bonchev–Trinajstić information content (AvgIpc) is 3.21. The van der Waals surface area contributed by atoms with Crippen LogP contribution in [0.1, 0.15) is 25.7 Å². The molecule has 2 aromatic rings. The minimum Gasteiger partial charge on any atom is -0.398 e. The first-order chi connectivity index (χ1) is 9.24. The quantitative estimate of drug-likeness (QED) is 0.642. The molecule has 1 aliphatic rings. The van der Waals surface area contributed by atoms with Gasteiger partial charge in [0.2, 0.25) is 0 Å². The number of hydrogen-bond donors (Lipinski definition) is 2. The fraction of sp³-hybridized carbons (Fsp3) is 0.400. The third-order valence-electron chi connectivity index (χ3n) is 3.65. The molecule has 0 radical (unpaired) electrons. The maximum Gasteiger partial charge on any atom is 0.0954 e. The topological polar surface area (TPSA) is 50.9 Å². The van der Waals surface area contributed by atoms with E-state index in [-0.39, 0.29) is 0 Å². The largest absolute Gasteiger partial charge is 0.398 e. The van der Waals surface area contributed by atoms with Gasteiger partial charge in [0.1, 0.15) is 0 Å². The van der Waals surface area contributed by atoms with Crippen molar-refractivity contribution in [2.24, 2.45) is 5.92 Å².